The molecule has 3 nitrogen and oxygen atoms in total. The van der Waals surface area contributed by atoms with Crippen LogP contribution in [-0.4, -0.2) is 18.1 Å². The van der Waals surface area contributed by atoms with Gasteiger partial charge in [-0.05, 0) is 30.9 Å². The number of piperidine rings is 1. The lowest BCUT2D eigenvalue weighted by molar-refractivity contribution is 0.394. The highest BCUT2D eigenvalue weighted by Gasteiger charge is 2.18. The summed E-state index contributed by atoms with van der Waals surface area (Å²) in [7, 11) is 0. The summed E-state index contributed by atoms with van der Waals surface area (Å²) >= 11 is 0. The Balaban J connectivity index is 2.05. The zero-order valence-electron chi connectivity index (χ0n) is 9.69. The Morgan fingerprint density at radius 1 is 1.50 bits per heavy atom. The van der Waals surface area contributed by atoms with E-state index >= 15 is 0 Å². The molecule has 0 aromatic carbocycles. The maximum Gasteiger partial charge on any atom is 0.129 e. The second-order valence-corrected chi connectivity index (χ2v) is 4.35. The van der Waals surface area contributed by atoms with Gasteiger partial charge in [0.2, 0.25) is 0 Å². The second-order valence-electron chi connectivity index (χ2n) is 4.35. The molecule has 3 heteroatoms. The van der Waals surface area contributed by atoms with Gasteiger partial charge in [-0.3, -0.25) is 0 Å². The van der Waals surface area contributed by atoms with Crippen LogP contribution in [0.15, 0.2) is 18.3 Å². The van der Waals surface area contributed by atoms with Crippen LogP contribution in [0.3, 0.4) is 0 Å². The molecule has 0 radical (unpaired) electrons. The van der Waals surface area contributed by atoms with Gasteiger partial charge in [-0.25, -0.2) is 4.98 Å². The fraction of sp³-hybridized carbons (Fsp3) is 0.538. The minimum Gasteiger partial charge on any atom is -0.357 e. The minimum absolute atomic E-state index is 0.697. The highest BCUT2D eigenvalue weighted by Crippen LogP contribution is 2.23. The van der Waals surface area contributed by atoms with Crippen LogP contribution in [0.1, 0.15) is 31.7 Å². The van der Waals surface area contributed by atoms with Gasteiger partial charge < -0.3 is 4.90 Å². The predicted molar refractivity (Wildman–Crippen MR) is 64.2 cm³/mol. The van der Waals surface area contributed by atoms with E-state index in [0.717, 1.165) is 24.8 Å². The molecule has 0 saturated carbocycles. The summed E-state index contributed by atoms with van der Waals surface area (Å²) in [6, 6.07) is 5.79. The highest BCUT2D eigenvalue weighted by molar-refractivity contribution is 5.45. The minimum atomic E-state index is 0.697. The van der Waals surface area contributed by atoms with Crippen molar-refractivity contribution in [3.63, 3.8) is 0 Å². The van der Waals surface area contributed by atoms with E-state index in [4.69, 9.17) is 5.26 Å². The normalized spacial score (nSPS) is 17.1. The molecule has 0 spiro atoms. The maximum atomic E-state index is 8.84. The Labute approximate surface area is 96.7 Å². The monoisotopic (exact) mass is 215 g/mol. The largest absolute Gasteiger partial charge is 0.357 e. The maximum absolute atomic E-state index is 8.84. The summed E-state index contributed by atoms with van der Waals surface area (Å²) in [5.74, 6) is 1.82. The third-order valence-electron chi connectivity index (χ3n) is 3.39. The fourth-order valence-electron chi connectivity index (χ4n) is 2.23. The molecule has 1 aromatic heterocycles. The molecular weight excluding hydrogens is 198 g/mol. The smallest absolute Gasteiger partial charge is 0.129 e. The van der Waals surface area contributed by atoms with Gasteiger partial charge in [-0.2, -0.15) is 5.26 Å². The third kappa shape index (κ3) is 2.33. The third-order valence-corrected chi connectivity index (χ3v) is 3.39. The molecule has 0 atom stereocenters. The highest BCUT2D eigenvalue weighted by atomic mass is 15.2. The van der Waals surface area contributed by atoms with E-state index in [1.165, 1.54) is 19.3 Å². The van der Waals surface area contributed by atoms with E-state index in [0.29, 0.717) is 5.56 Å². The van der Waals surface area contributed by atoms with E-state index in [1.807, 2.05) is 6.07 Å². The van der Waals surface area contributed by atoms with Crippen LogP contribution in [0.2, 0.25) is 0 Å². The number of rotatable bonds is 2. The predicted octanol–water partition coefficient (Wildman–Crippen LogP) is 2.58. The van der Waals surface area contributed by atoms with Crippen LogP contribution in [0, 0.1) is 17.2 Å². The molecule has 0 N–H and O–H groups in total. The lowest BCUT2D eigenvalue weighted by Gasteiger charge is -2.32. The summed E-state index contributed by atoms with van der Waals surface area (Å²) in [5.41, 5.74) is 0.697. The molecule has 0 unspecified atom stereocenters. The van der Waals surface area contributed by atoms with E-state index < -0.39 is 0 Å². The molecule has 1 aliphatic heterocycles. The van der Waals surface area contributed by atoms with Gasteiger partial charge in [-0.1, -0.05) is 13.3 Å². The first-order valence-corrected chi connectivity index (χ1v) is 5.94. The molecular formula is C13H17N3. The van der Waals surface area contributed by atoms with Crippen LogP contribution in [0.25, 0.3) is 0 Å². The number of nitriles is 1. The van der Waals surface area contributed by atoms with Crippen molar-refractivity contribution >= 4 is 5.82 Å². The van der Waals surface area contributed by atoms with Crippen molar-refractivity contribution in [3.05, 3.63) is 23.9 Å². The van der Waals surface area contributed by atoms with Gasteiger partial charge >= 0.3 is 0 Å². The van der Waals surface area contributed by atoms with Gasteiger partial charge in [0.15, 0.2) is 0 Å². The van der Waals surface area contributed by atoms with Crippen molar-refractivity contribution in [3.8, 4) is 6.07 Å². The molecule has 1 aromatic rings. The van der Waals surface area contributed by atoms with E-state index in [2.05, 4.69) is 22.9 Å². The average Bonchev–Trinajstić information content (AvgIpc) is 2.39. The summed E-state index contributed by atoms with van der Waals surface area (Å²) in [4.78, 5) is 6.62. The van der Waals surface area contributed by atoms with Gasteiger partial charge in [0.05, 0.1) is 11.6 Å². The number of anilines is 1. The van der Waals surface area contributed by atoms with Gasteiger partial charge in [-0.15, -0.1) is 0 Å². The lowest BCUT2D eigenvalue weighted by Crippen LogP contribution is -2.34. The van der Waals surface area contributed by atoms with Crippen molar-refractivity contribution in [2.45, 2.75) is 26.2 Å². The molecule has 0 bridgehead atoms. The topological polar surface area (TPSA) is 39.9 Å². The zero-order chi connectivity index (χ0) is 11.4. The van der Waals surface area contributed by atoms with Crippen LogP contribution < -0.4 is 4.90 Å². The summed E-state index contributed by atoms with van der Waals surface area (Å²) in [6.45, 7) is 4.40. The first kappa shape index (κ1) is 10.9. The summed E-state index contributed by atoms with van der Waals surface area (Å²) in [6.07, 6.45) is 5.49. The molecule has 1 aliphatic rings. The van der Waals surface area contributed by atoms with Crippen molar-refractivity contribution in [2.75, 3.05) is 18.0 Å². The van der Waals surface area contributed by atoms with Crippen molar-refractivity contribution in [1.29, 1.82) is 5.26 Å². The second kappa shape index (κ2) is 4.98. The SMILES string of the molecule is CCC1CCN(c2cc(C#N)ccn2)CC1. The van der Waals surface area contributed by atoms with E-state index in [9.17, 15) is 0 Å². The first-order valence-electron chi connectivity index (χ1n) is 5.94. The van der Waals surface area contributed by atoms with E-state index in [1.54, 1.807) is 12.3 Å². The number of nitrogens with zero attached hydrogens (tertiary/aromatic N) is 3. The first-order chi connectivity index (χ1) is 7.83. The molecule has 2 heterocycles. The average molecular weight is 215 g/mol. The molecule has 1 fully saturated rings. The Morgan fingerprint density at radius 2 is 2.25 bits per heavy atom. The Kier molecular flexibility index (Phi) is 3.40. The fourth-order valence-corrected chi connectivity index (χ4v) is 2.23. The van der Waals surface area contributed by atoms with E-state index in [-0.39, 0.29) is 0 Å². The Bertz CT molecular complexity index is 386. The van der Waals surface area contributed by atoms with Crippen molar-refractivity contribution in [2.24, 2.45) is 5.92 Å². The van der Waals surface area contributed by atoms with Crippen molar-refractivity contribution in [1.82, 2.24) is 4.98 Å². The van der Waals surface area contributed by atoms with Crippen molar-refractivity contribution < 1.29 is 0 Å². The molecule has 84 valence electrons. The lowest BCUT2D eigenvalue weighted by atomic mass is 9.94. The zero-order valence-corrected chi connectivity index (χ0v) is 9.69. The molecule has 2 rings (SSSR count). The van der Waals surface area contributed by atoms with Crippen LogP contribution in [-0.2, 0) is 0 Å². The number of hydrogen-bond donors (Lipinski definition) is 0. The quantitative estimate of drug-likeness (QED) is 0.761. The molecule has 0 amide bonds. The Hall–Kier alpha value is -1.56. The summed E-state index contributed by atoms with van der Waals surface area (Å²) in [5, 5.41) is 8.84. The van der Waals surface area contributed by atoms with Gasteiger partial charge in [0.25, 0.3) is 0 Å². The number of aromatic nitrogens is 1. The number of pyridine rings is 1. The molecule has 16 heavy (non-hydrogen) atoms. The standard InChI is InChI=1S/C13H17N3/c1-2-11-4-7-16(8-5-11)13-9-12(10-14)3-6-15-13/h3,6,9,11H,2,4-5,7-8H2,1H3. The van der Waals surface area contributed by atoms with Gasteiger partial charge in [0, 0.05) is 19.3 Å². The van der Waals surface area contributed by atoms with Crippen LogP contribution in [0.4, 0.5) is 5.82 Å². The number of hydrogen-bond acceptors (Lipinski definition) is 3. The molecule has 0 aliphatic carbocycles. The van der Waals surface area contributed by atoms with Gasteiger partial charge in [0.1, 0.15) is 5.82 Å². The van der Waals surface area contributed by atoms with Crippen LogP contribution >= 0.6 is 0 Å². The molecule has 1 saturated heterocycles. The summed E-state index contributed by atoms with van der Waals surface area (Å²) < 4.78 is 0. The Morgan fingerprint density at radius 3 is 2.88 bits per heavy atom. The van der Waals surface area contributed by atoms with Crippen LogP contribution in [0.5, 0.6) is 0 Å².